The Morgan fingerprint density at radius 2 is 1.83 bits per heavy atom. The Kier molecular flexibility index (Phi) is 5.01. The largest absolute Gasteiger partial charge is 0.342 e. The number of amides is 1. The second kappa shape index (κ2) is 6.53. The third-order valence-corrected chi connectivity index (χ3v) is 4.57. The van der Waals surface area contributed by atoms with E-state index in [1.807, 2.05) is 11.9 Å². The molecule has 1 aliphatic carbocycles. The van der Waals surface area contributed by atoms with E-state index < -0.39 is 0 Å². The molecule has 0 aromatic carbocycles. The molecule has 0 atom stereocenters. The third-order valence-electron chi connectivity index (χ3n) is 4.57. The van der Waals surface area contributed by atoms with Crippen molar-refractivity contribution in [3.63, 3.8) is 0 Å². The molecule has 104 valence electrons. The van der Waals surface area contributed by atoms with Crippen LogP contribution in [0.1, 0.15) is 38.5 Å². The molecule has 4 heteroatoms. The Balaban J connectivity index is 1.74. The first-order chi connectivity index (χ1) is 8.70. The van der Waals surface area contributed by atoms with Gasteiger partial charge in [-0.3, -0.25) is 9.69 Å². The zero-order valence-electron chi connectivity index (χ0n) is 11.8. The van der Waals surface area contributed by atoms with Gasteiger partial charge in [0.1, 0.15) is 0 Å². The van der Waals surface area contributed by atoms with Crippen molar-refractivity contribution in [2.75, 3.05) is 33.7 Å². The third kappa shape index (κ3) is 3.45. The molecule has 0 bridgehead atoms. The number of rotatable bonds is 4. The van der Waals surface area contributed by atoms with Crippen LogP contribution in [-0.4, -0.2) is 61.5 Å². The van der Waals surface area contributed by atoms with Crippen molar-refractivity contribution in [1.29, 1.82) is 0 Å². The van der Waals surface area contributed by atoms with Gasteiger partial charge in [0.05, 0.1) is 6.54 Å². The van der Waals surface area contributed by atoms with E-state index in [1.165, 1.54) is 38.5 Å². The molecule has 0 aromatic heterocycles. The fraction of sp³-hybridized carbons (Fsp3) is 0.929. The van der Waals surface area contributed by atoms with Crippen LogP contribution >= 0.6 is 0 Å². The quantitative estimate of drug-likeness (QED) is 0.814. The number of hydrogen-bond donors (Lipinski definition) is 1. The van der Waals surface area contributed by atoms with E-state index in [9.17, 15) is 4.79 Å². The topological polar surface area (TPSA) is 35.6 Å². The molecule has 1 amide bonds. The van der Waals surface area contributed by atoms with E-state index in [0.29, 0.717) is 24.5 Å². The summed E-state index contributed by atoms with van der Waals surface area (Å²) in [4.78, 5) is 16.4. The second-order valence-corrected chi connectivity index (χ2v) is 5.80. The van der Waals surface area contributed by atoms with Crippen LogP contribution in [0.5, 0.6) is 0 Å². The number of nitrogens with one attached hydrogen (secondary N) is 1. The normalized spacial score (nSPS) is 28.9. The van der Waals surface area contributed by atoms with E-state index in [1.54, 1.807) is 0 Å². The van der Waals surface area contributed by atoms with Crippen molar-refractivity contribution >= 4 is 5.91 Å². The van der Waals surface area contributed by atoms with Crippen LogP contribution < -0.4 is 5.32 Å². The minimum absolute atomic E-state index is 0.325. The van der Waals surface area contributed by atoms with Crippen LogP contribution in [0.15, 0.2) is 0 Å². The van der Waals surface area contributed by atoms with Gasteiger partial charge in [-0.25, -0.2) is 0 Å². The van der Waals surface area contributed by atoms with Crippen molar-refractivity contribution < 1.29 is 4.79 Å². The van der Waals surface area contributed by atoms with Crippen LogP contribution in [0.2, 0.25) is 0 Å². The van der Waals surface area contributed by atoms with Crippen molar-refractivity contribution in [2.45, 2.75) is 50.6 Å². The molecule has 0 aromatic rings. The van der Waals surface area contributed by atoms with Gasteiger partial charge in [-0.15, -0.1) is 0 Å². The molecule has 0 spiro atoms. The van der Waals surface area contributed by atoms with E-state index in [0.717, 1.165) is 13.1 Å². The maximum absolute atomic E-state index is 12.1. The van der Waals surface area contributed by atoms with Crippen LogP contribution in [0.4, 0.5) is 0 Å². The summed E-state index contributed by atoms with van der Waals surface area (Å²) in [5, 5.41) is 3.36. The summed E-state index contributed by atoms with van der Waals surface area (Å²) in [7, 11) is 4.16. The van der Waals surface area contributed by atoms with Gasteiger partial charge in [0.25, 0.3) is 0 Å². The van der Waals surface area contributed by atoms with E-state index >= 15 is 0 Å². The van der Waals surface area contributed by atoms with E-state index in [2.05, 4.69) is 17.3 Å². The molecular formula is C14H27N3O. The van der Waals surface area contributed by atoms with Gasteiger partial charge in [-0.05, 0) is 52.6 Å². The van der Waals surface area contributed by atoms with Crippen molar-refractivity contribution in [1.82, 2.24) is 15.1 Å². The lowest BCUT2D eigenvalue weighted by molar-refractivity contribution is -0.131. The molecule has 1 saturated heterocycles. The van der Waals surface area contributed by atoms with Crippen molar-refractivity contribution in [2.24, 2.45) is 0 Å². The molecule has 1 saturated carbocycles. The molecule has 2 rings (SSSR count). The highest BCUT2D eigenvalue weighted by Crippen LogP contribution is 2.22. The van der Waals surface area contributed by atoms with Gasteiger partial charge in [0, 0.05) is 25.2 Å². The van der Waals surface area contributed by atoms with Crippen LogP contribution in [-0.2, 0) is 4.79 Å². The minimum Gasteiger partial charge on any atom is -0.342 e. The Labute approximate surface area is 111 Å². The summed E-state index contributed by atoms with van der Waals surface area (Å²) in [6.45, 7) is 2.55. The molecule has 1 heterocycles. The number of likely N-dealkylation sites (N-methyl/N-ethyl adjacent to an activating group) is 1. The number of likely N-dealkylation sites (tertiary alicyclic amines) is 1. The predicted molar refractivity (Wildman–Crippen MR) is 73.5 cm³/mol. The summed E-state index contributed by atoms with van der Waals surface area (Å²) in [5.41, 5.74) is 0. The Morgan fingerprint density at radius 3 is 2.39 bits per heavy atom. The van der Waals surface area contributed by atoms with Gasteiger partial charge in [-0.1, -0.05) is 0 Å². The Morgan fingerprint density at radius 1 is 1.22 bits per heavy atom. The Bertz CT molecular complexity index is 268. The highest BCUT2D eigenvalue weighted by Gasteiger charge is 2.26. The van der Waals surface area contributed by atoms with Crippen molar-refractivity contribution in [3.8, 4) is 0 Å². The highest BCUT2D eigenvalue weighted by molar-refractivity contribution is 5.78. The number of carbonyl (C=O) groups is 1. The fourth-order valence-corrected chi connectivity index (χ4v) is 3.21. The van der Waals surface area contributed by atoms with Crippen LogP contribution in [0.25, 0.3) is 0 Å². The molecule has 1 aliphatic heterocycles. The maximum atomic E-state index is 12.1. The zero-order chi connectivity index (χ0) is 13.0. The van der Waals surface area contributed by atoms with Gasteiger partial charge in [0.15, 0.2) is 0 Å². The Hall–Kier alpha value is -0.610. The monoisotopic (exact) mass is 253 g/mol. The summed E-state index contributed by atoms with van der Waals surface area (Å²) in [6.07, 6.45) is 7.28. The number of hydrogen-bond acceptors (Lipinski definition) is 3. The molecule has 2 fully saturated rings. The lowest BCUT2D eigenvalue weighted by Gasteiger charge is -2.34. The first-order valence-electron chi connectivity index (χ1n) is 7.36. The van der Waals surface area contributed by atoms with Gasteiger partial charge in [0.2, 0.25) is 5.91 Å². The standard InChI is InChI=1S/C14H27N3O/c1-15-12-5-7-13(8-6-12)16(2)11-14(18)17-9-3-4-10-17/h12-13,15H,3-11H2,1-2H3. The first kappa shape index (κ1) is 13.8. The summed E-state index contributed by atoms with van der Waals surface area (Å²) in [6, 6.07) is 1.28. The maximum Gasteiger partial charge on any atom is 0.236 e. The second-order valence-electron chi connectivity index (χ2n) is 5.80. The number of carbonyl (C=O) groups excluding carboxylic acids is 1. The van der Waals surface area contributed by atoms with Crippen LogP contribution in [0.3, 0.4) is 0 Å². The molecule has 1 N–H and O–H groups in total. The molecule has 18 heavy (non-hydrogen) atoms. The number of nitrogens with zero attached hydrogens (tertiary/aromatic N) is 2. The summed E-state index contributed by atoms with van der Waals surface area (Å²) >= 11 is 0. The van der Waals surface area contributed by atoms with Crippen molar-refractivity contribution in [3.05, 3.63) is 0 Å². The average Bonchev–Trinajstić information content (AvgIpc) is 2.92. The fourth-order valence-electron chi connectivity index (χ4n) is 3.21. The van der Waals surface area contributed by atoms with Crippen LogP contribution in [0, 0.1) is 0 Å². The predicted octanol–water partition coefficient (Wildman–Crippen LogP) is 1.07. The zero-order valence-corrected chi connectivity index (χ0v) is 11.8. The van der Waals surface area contributed by atoms with Gasteiger partial charge < -0.3 is 10.2 Å². The molecule has 4 nitrogen and oxygen atoms in total. The summed E-state index contributed by atoms with van der Waals surface area (Å²) < 4.78 is 0. The van der Waals surface area contributed by atoms with Gasteiger partial charge in [-0.2, -0.15) is 0 Å². The smallest absolute Gasteiger partial charge is 0.236 e. The van der Waals surface area contributed by atoms with E-state index in [4.69, 9.17) is 0 Å². The van der Waals surface area contributed by atoms with Gasteiger partial charge >= 0.3 is 0 Å². The average molecular weight is 253 g/mol. The SMILES string of the molecule is CNC1CCC(N(C)CC(=O)N2CCCC2)CC1. The lowest BCUT2D eigenvalue weighted by atomic mass is 9.90. The summed E-state index contributed by atoms with van der Waals surface area (Å²) in [5.74, 6) is 0.325. The molecule has 2 aliphatic rings. The molecular weight excluding hydrogens is 226 g/mol. The molecule has 0 unspecified atom stereocenters. The highest BCUT2D eigenvalue weighted by atomic mass is 16.2. The minimum atomic E-state index is 0.325. The molecule has 0 radical (unpaired) electrons. The van der Waals surface area contributed by atoms with E-state index in [-0.39, 0.29) is 0 Å². The first-order valence-corrected chi connectivity index (χ1v) is 7.36. The lowest BCUT2D eigenvalue weighted by Crippen LogP contribution is -2.44.